The van der Waals surface area contributed by atoms with Crippen molar-refractivity contribution in [3.63, 3.8) is 0 Å². The van der Waals surface area contributed by atoms with E-state index in [1.54, 1.807) is 34.1 Å². The van der Waals surface area contributed by atoms with E-state index in [2.05, 4.69) is 0 Å². The van der Waals surface area contributed by atoms with E-state index in [4.69, 9.17) is 4.74 Å². The van der Waals surface area contributed by atoms with Crippen LogP contribution in [0.15, 0.2) is 48.5 Å². The van der Waals surface area contributed by atoms with E-state index in [-0.39, 0.29) is 43.2 Å². The average molecular weight is 450 g/mol. The first-order valence-electron chi connectivity index (χ1n) is 11.1. The minimum Gasteiger partial charge on any atom is -0.484 e. The molecule has 1 saturated heterocycles. The van der Waals surface area contributed by atoms with E-state index in [0.717, 1.165) is 10.5 Å². The Labute approximate surface area is 192 Å². The molecule has 8 heteroatoms. The van der Waals surface area contributed by atoms with Gasteiger partial charge in [-0.05, 0) is 37.6 Å². The standard InChI is InChI=1S/C25H27N3O5/c1-18-7-9-19(10-8-18)33-17-23(30)27-13-4-12-26(15-16-27)22(29)11-14-28-24(31)20-5-2-3-6-21(20)25(28)32/h2-3,5-10H,4,11-17H2,1H3. The monoisotopic (exact) mass is 449 g/mol. The first kappa shape index (κ1) is 22.5. The summed E-state index contributed by atoms with van der Waals surface area (Å²) in [5.41, 5.74) is 1.88. The highest BCUT2D eigenvalue weighted by Crippen LogP contribution is 2.22. The summed E-state index contributed by atoms with van der Waals surface area (Å²) in [5.74, 6) is -0.310. The van der Waals surface area contributed by atoms with Crippen molar-refractivity contribution in [1.29, 1.82) is 0 Å². The number of imide groups is 1. The van der Waals surface area contributed by atoms with Crippen molar-refractivity contribution in [3.05, 3.63) is 65.2 Å². The molecule has 1 fully saturated rings. The lowest BCUT2D eigenvalue weighted by Crippen LogP contribution is -2.40. The van der Waals surface area contributed by atoms with Crippen molar-refractivity contribution < 1.29 is 23.9 Å². The highest BCUT2D eigenvalue weighted by atomic mass is 16.5. The first-order valence-corrected chi connectivity index (χ1v) is 11.1. The molecule has 0 bridgehead atoms. The number of benzene rings is 2. The van der Waals surface area contributed by atoms with Crippen LogP contribution in [0, 0.1) is 6.92 Å². The van der Waals surface area contributed by atoms with Crippen molar-refractivity contribution in [2.24, 2.45) is 0 Å². The molecule has 2 aromatic carbocycles. The van der Waals surface area contributed by atoms with Crippen LogP contribution in [0.5, 0.6) is 5.75 Å². The van der Waals surface area contributed by atoms with Gasteiger partial charge in [0.25, 0.3) is 17.7 Å². The number of rotatable bonds is 6. The Kier molecular flexibility index (Phi) is 6.72. The Morgan fingerprint density at radius 1 is 0.818 bits per heavy atom. The predicted molar refractivity (Wildman–Crippen MR) is 121 cm³/mol. The number of fused-ring (bicyclic) bond motifs is 1. The molecule has 0 saturated carbocycles. The summed E-state index contributed by atoms with van der Waals surface area (Å²) < 4.78 is 5.59. The van der Waals surface area contributed by atoms with Gasteiger partial charge in [0, 0.05) is 39.1 Å². The van der Waals surface area contributed by atoms with Gasteiger partial charge in [-0.2, -0.15) is 0 Å². The summed E-state index contributed by atoms with van der Waals surface area (Å²) in [4.78, 5) is 54.8. The zero-order valence-electron chi connectivity index (χ0n) is 18.7. The first-order chi connectivity index (χ1) is 15.9. The Hall–Kier alpha value is -3.68. The Bertz CT molecular complexity index is 1030. The zero-order valence-corrected chi connectivity index (χ0v) is 18.7. The van der Waals surface area contributed by atoms with Crippen molar-refractivity contribution >= 4 is 23.6 Å². The second-order valence-corrected chi connectivity index (χ2v) is 8.27. The van der Waals surface area contributed by atoms with E-state index in [9.17, 15) is 19.2 Å². The fourth-order valence-electron chi connectivity index (χ4n) is 4.09. The summed E-state index contributed by atoms with van der Waals surface area (Å²) >= 11 is 0. The minimum atomic E-state index is -0.357. The van der Waals surface area contributed by atoms with Crippen LogP contribution < -0.4 is 4.74 Å². The van der Waals surface area contributed by atoms with Gasteiger partial charge in [0.2, 0.25) is 5.91 Å². The average Bonchev–Trinajstić information content (AvgIpc) is 2.99. The van der Waals surface area contributed by atoms with E-state index in [1.807, 2.05) is 31.2 Å². The number of carbonyl (C=O) groups is 4. The summed E-state index contributed by atoms with van der Waals surface area (Å²) in [7, 11) is 0. The van der Waals surface area contributed by atoms with Crippen LogP contribution >= 0.6 is 0 Å². The second-order valence-electron chi connectivity index (χ2n) is 8.27. The molecule has 2 aliphatic heterocycles. The van der Waals surface area contributed by atoms with E-state index < -0.39 is 0 Å². The van der Waals surface area contributed by atoms with E-state index >= 15 is 0 Å². The number of nitrogens with zero attached hydrogens (tertiary/aromatic N) is 3. The quantitative estimate of drug-likeness (QED) is 0.631. The molecule has 0 aliphatic carbocycles. The molecular formula is C25H27N3O5. The molecule has 4 rings (SSSR count). The molecule has 2 aliphatic rings. The summed E-state index contributed by atoms with van der Waals surface area (Å²) in [6.45, 7) is 3.92. The molecule has 2 heterocycles. The fraction of sp³-hybridized carbons (Fsp3) is 0.360. The van der Waals surface area contributed by atoms with Crippen LogP contribution in [0.25, 0.3) is 0 Å². The van der Waals surface area contributed by atoms with Gasteiger partial charge >= 0.3 is 0 Å². The minimum absolute atomic E-state index is 0.0449. The van der Waals surface area contributed by atoms with Crippen LogP contribution in [-0.2, 0) is 9.59 Å². The number of amides is 4. The zero-order chi connectivity index (χ0) is 23.4. The van der Waals surface area contributed by atoms with Crippen molar-refractivity contribution in [2.45, 2.75) is 19.8 Å². The van der Waals surface area contributed by atoms with Gasteiger partial charge in [0.1, 0.15) is 5.75 Å². The third kappa shape index (κ3) is 5.05. The molecule has 0 aromatic heterocycles. The number of carbonyl (C=O) groups excluding carboxylic acids is 4. The van der Waals surface area contributed by atoms with Crippen LogP contribution in [0.2, 0.25) is 0 Å². The van der Waals surface area contributed by atoms with Crippen molar-refractivity contribution in [3.8, 4) is 5.75 Å². The van der Waals surface area contributed by atoms with Gasteiger partial charge in [-0.15, -0.1) is 0 Å². The summed E-state index contributed by atoms with van der Waals surface area (Å²) in [6, 6.07) is 14.2. The largest absolute Gasteiger partial charge is 0.484 e. The summed E-state index contributed by atoms with van der Waals surface area (Å²) in [6.07, 6.45) is 0.727. The molecule has 4 amide bonds. The lowest BCUT2D eigenvalue weighted by molar-refractivity contribution is -0.134. The third-order valence-corrected chi connectivity index (χ3v) is 6.01. The van der Waals surface area contributed by atoms with Crippen LogP contribution in [0.3, 0.4) is 0 Å². The summed E-state index contributed by atoms with van der Waals surface area (Å²) in [5, 5.41) is 0. The second kappa shape index (κ2) is 9.85. The van der Waals surface area contributed by atoms with Crippen molar-refractivity contribution in [1.82, 2.24) is 14.7 Å². The van der Waals surface area contributed by atoms with Crippen LogP contribution in [0.1, 0.15) is 39.1 Å². The smallest absolute Gasteiger partial charge is 0.261 e. The molecule has 0 atom stereocenters. The Morgan fingerprint density at radius 2 is 1.39 bits per heavy atom. The van der Waals surface area contributed by atoms with Crippen LogP contribution in [-0.4, -0.2) is 77.7 Å². The van der Waals surface area contributed by atoms with E-state index in [1.165, 1.54) is 0 Å². The lowest BCUT2D eigenvalue weighted by atomic mass is 10.1. The molecule has 0 N–H and O–H groups in total. The topological polar surface area (TPSA) is 87.2 Å². The maximum atomic E-state index is 12.8. The van der Waals surface area contributed by atoms with Gasteiger partial charge in [0.05, 0.1) is 11.1 Å². The normalized spacial score (nSPS) is 16.0. The molecule has 0 spiro atoms. The van der Waals surface area contributed by atoms with Gasteiger partial charge in [-0.1, -0.05) is 29.8 Å². The van der Waals surface area contributed by atoms with E-state index in [0.29, 0.717) is 49.5 Å². The lowest BCUT2D eigenvalue weighted by Gasteiger charge is -2.23. The maximum absolute atomic E-state index is 12.8. The Morgan fingerprint density at radius 3 is 2.00 bits per heavy atom. The van der Waals surface area contributed by atoms with Gasteiger partial charge in [-0.25, -0.2) is 0 Å². The molecule has 0 unspecified atom stereocenters. The fourth-order valence-corrected chi connectivity index (χ4v) is 4.09. The molecule has 33 heavy (non-hydrogen) atoms. The number of aryl methyl sites for hydroxylation is 1. The van der Waals surface area contributed by atoms with Gasteiger partial charge in [0.15, 0.2) is 6.61 Å². The SMILES string of the molecule is Cc1ccc(OCC(=O)N2CCCN(C(=O)CCN3C(=O)c4ccccc4C3=O)CC2)cc1. The maximum Gasteiger partial charge on any atom is 0.261 e. The van der Waals surface area contributed by atoms with Crippen LogP contribution in [0.4, 0.5) is 0 Å². The molecule has 0 radical (unpaired) electrons. The van der Waals surface area contributed by atoms with Gasteiger partial charge in [-0.3, -0.25) is 24.1 Å². The predicted octanol–water partition coefficient (Wildman–Crippen LogP) is 2.12. The molecular weight excluding hydrogens is 422 g/mol. The highest BCUT2D eigenvalue weighted by molar-refractivity contribution is 6.21. The number of hydrogen-bond acceptors (Lipinski definition) is 5. The molecule has 8 nitrogen and oxygen atoms in total. The molecule has 172 valence electrons. The number of ether oxygens (including phenoxy) is 1. The molecule has 2 aromatic rings. The van der Waals surface area contributed by atoms with Gasteiger partial charge < -0.3 is 14.5 Å². The Balaban J connectivity index is 1.25. The van der Waals surface area contributed by atoms with Crippen molar-refractivity contribution in [2.75, 3.05) is 39.3 Å². The third-order valence-electron chi connectivity index (χ3n) is 6.01. The highest BCUT2D eigenvalue weighted by Gasteiger charge is 2.35. The number of hydrogen-bond donors (Lipinski definition) is 0.